The third kappa shape index (κ3) is 7.49. The van der Waals surface area contributed by atoms with Gasteiger partial charge in [-0.25, -0.2) is 4.79 Å². The Kier molecular flexibility index (Phi) is 9.71. The molecular formula is C17H33N3O4. The van der Waals surface area contributed by atoms with Gasteiger partial charge in [0.2, 0.25) is 5.91 Å². The van der Waals surface area contributed by atoms with E-state index in [0.717, 1.165) is 19.3 Å². The van der Waals surface area contributed by atoms with Crippen molar-refractivity contribution in [3.63, 3.8) is 0 Å². The van der Waals surface area contributed by atoms with Gasteiger partial charge in [0.25, 0.3) is 0 Å². The smallest absolute Gasteiger partial charge is 0.318 e. The van der Waals surface area contributed by atoms with Gasteiger partial charge in [0.05, 0.1) is 25.9 Å². The molecule has 1 heterocycles. The number of nitrogens with one attached hydrogen (secondary N) is 2. The third-order valence-corrected chi connectivity index (χ3v) is 4.09. The predicted octanol–water partition coefficient (Wildman–Crippen LogP) is 1.11. The molecule has 0 saturated carbocycles. The minimum atomic E-state index is -0.587. The number of carbonyl (C=O) groups excluding carboxylic acids is 2. The molecule has 7 heteroatoms. The van der Waals surface area contributed by atoms with E-state index in [9.17, 15) is 14.7 Å². The van der Waals surface area contributed by atoms with Crippen LogP contribution in [0.1, 0.15) is 46.5 Å². The lowest BCUT2D eigenvalue weighted by Crippen LogP contribution is -2.55. The van der Waals surface area contributed by atoms with Crippen LogP contribution in [0.15, 0.2) is 0 Å². The van der Waals surface area contributed by atoms with Gasteiger partial charge >= 0.3 is 6.03 Å². The van der Waals surface area contributed by atoms with Crippen LogP contribution < -0.4 is 10.6 Å². The van der Waals surface area contributed by atoms with Crippen LogP contribution >= 0.6 is 0 Å². The Hall–Kier alpha value is -1.34. The summed E-state index contributed by atoms with van der Waals surface area (Å²) >= 11 is 0. The number of unbranched alkanes of at least 4 members (excludes halogenated alkanes) is 1. The van der Waals surface area contributed by atoms with Crippen molar-refractivity contribution in [3.8, 4) is 0 Å². The minimum Gasteiger partial charge on any atom is -0.394 e. The number of amides is 3. The number of ether oxygens (including phenoxy) is 1. The topological polar surface area (TPSA) is 90.9 Å². The summed E-state index contributed by atoms with van der Waals surface area (Å²) in [5.41, 5.74) is 0. The summed E-state index contributed by atoms with van der Waals surface area (Å²) in [5, 5.41) is 15.1. The highest BCUT2D eigenvalue weighted by Crippen LogP contribution is 2.08. The zero-order valence-electron chi connectivity index (χ0n) is 15.2. The fourth-order valence-corrected chi connectivity index (χ4v) is 2.67. The number of morpholine rings is 1. The van der Waals surface area contributed by atoms with Gasteiger partial charge in [-0.05, 0) is 18.8 Å². The van der Waals surface area contributed by atoms with Crippen LogP contribution in [0.5, 0.6) is 0 Å². The molecule has 3 N–H and O–H groups in total. The molecule has 0 aromatic carbocycles. The van der Waals surface area contributed by atoms with Crippen LogP contribution in [0.2, 0.25) is 0 Å². The molecule has 0 radical (unpaired) electrons. The van der Waals surface area contributed by atoms with Gasteiger partial charge < -0.3 is 25.4 Å². The monoisotopic (exact) mass is 343 g/mol. The Balaban J connectivity index is 2.61. The minimum absolute atomic E-state index is 0.0858. The lowest BCUT2D eigenvalue weighted by Gasteiger charge is -2.30. The van der Waals surface area contributed by atoms with Crippen molar-refractivity contribution < 1.29 is 19.4 Å². The van der Waals surface area contributed by atoms with E-state index in [2.05, 4.69) is 17.6 Å². The highest BCUT2D eigenvalue weighted by molar-refractivity contribution is 5.87. The molecule has 3 amide bonds. The van der Waals surface area contributed by atoms with E-state index in [1.54, 1.807) is 4.90 Å². The highest BCUT2D eigenvalue weighted by Gasteiger charge is 2.26. The summed E-state index contributed by atoms with van der Waals surface area (Å²) in [4.78, 5) is 26.6. The molecule has 1 unspecified atom stereocenters. The predicted molar refractivity (Wildman–Crippen MR) is 92.7 cm³/mol. The molecule has 2 atom stereocenters. The summed E-state index contributed by atoms with van der Waals surface area (Å²) in [6.45, 7) is 8.15. The van der Waals surface area contributed by atoms with Crippen molar-refractivity contribution in [3.05, 3.63) is 0 Å². The molecule has 1 saturated heterocycles. The molecule has 1 rings (SSSR count). The number of urea groups is 1. The van der Waals surface area contributed by atoms with E-state index >= 15 is 0 Å². The summed E-state index contributed by atoms with van der Waals surface area (Å²) in [7, 11) is 0. The average molecular weight is 343 g/mol. The van der Waals surface area contributed by atoms with Crippen LogP contribution in [-0.4, -0.2) is 66.9 Å². The van der Waals surface area contributed by atoms with E-state index in [-0.39, 0.29) is 30.5 Å². The molecule has 24 heavy (non-hydrogen) atoms. The lowest BCUT2D eigenvalue weighted by atomic mass is 10.0. The van der Waals surface area contributed by atoms with E-state index in [0.29, 0.717) is 32.7 Å². The second kappa shape index (κ2) is 11.3. The number of rotatable bonds is 9. The zero-order chi connectivity index (χ0) is 17.9. The third-order valence-electron chi connectivity index (χ3n) is 4.09. The molecule has 140 valence electrons. The summed E-state index contributed by atoms with van der Waals surface area (Å²) in [6, 6.07) is -1.07. The fraction of sp³-hybridized carbons (Fsp3) is 0.882. The van der Waals surface area contributed by atoms with Gasteiger partial charge in [0, 0.05) is 13.1 Å². The maximum atomic E-state index is 12.5. The summed E-state index contributed by atoms with van der Waals surface area (Å²) in [6.07, 6.45) is 3.26. The number of nitrogens with zero attached hydrogens (tertiary/aromatic N) is 1. The average Bonchev–Trinajstić information content (AvgIpc) is 2.58. The molecule has 0 aromatic rings. The van der Waals surface area contributed by atoms with E-state index in [1.165, 1.54) is 0 Å². The first-order valence-electron chi connectivity index (χ1n) is 9.02. The van der Waals surface area contributed by atoms with Gasteiger partial charge in [-0.2, -0.15) is 0 Å². The van der Waals surface area contributed by atoms with Gasteiger partial charge in [0.15, 0.2) is 0 Å². The number of aliphatic hydroxyl groups is 1. The maximum absolute atomic E-state index is 12.5. The van der Waals surface area contributed by atoms with Crippen molar-refractivity contribution in [2.75, 3.05) is 32.9 Å². The molecule has 1 aliphatic rings. The number of carbonyl (C=O) groups is 2. The molecular weight excluding hydrogens is 310 g/mol. The molecule has 0 aromatic heterocycles. The zero-order valence-corrected chi connectivity index (χ0v) is 15.2. The first kappa shape index (κ1) is 20.7. The first-order valence-corrected chi connectivity index (χ1v) is 9.02. The largest absolute Gasteiger partial charge is 0.394 e. The molecule has 0 aliphatic carbocycles. The Labute approximate surface area is 145 Å². The van der Waals surface area contributed by atoms with Crippen LogP contribution in [0, 0.1) is 5.92 Å². The normalized spacial score (nSPS) is 17.5. The van der Waals surface area contributed by atoms with E-state index in [1.807, 2.05) is 13.8 Å². The van der Waals surface area contributed by atoms with Crippen LogP contribution in [0.25, 0.3) is 0 Å². The van der Waals surface area contributed by atoms with E-state index < -0.39 is 6.04 Å². The second-order valence-corrected chi connectivity index (χ2v) is 6.76. The van der Waals surface area contributed by atoms with Crippen molar-refractivity contribution in [2.24, 2.45) is 5.92 Å². The lowest BCUT2D eigenvalue weighted by molar-refractivity contribution is -0.124. The Morgan fingerprint density at radius 2 is 1.88 bits per heavy atom. The number of hydrogen-bond acceptors (Lipinski definition) is 4. The molecule has 7 nitrogen and oxygen atoms in total. The summed E-state index contributed by atoms with van der Waals surface area (Å²) < 4.78 is 5.24. The highest BCUT2D eigenvalue weighted by atomic mass is 16.5. The number of aliphatic hydroxyl groups excluding tert-OH is 1. The Bertz CT molecular complexity index is 384. The molecule has 0 bridgehead atoms. The van der Waals surface area contributed by atoms with Crippen molar-refractivity contribution in [1.29, 1.82) is 0 Å². The van der Waals surface area contributed by atoms with Gasteiger partial charge in [0.1, 0.15) is 6.04 Å². The van der Waals surface area contributed by atoms with Crippen LogP contribution in [0.3, 0.4) is 0 Å². The Morgan fingerprint density at radius 1 is 1.21 bits per heavy atom. The SMILES string of the molecule is CCCCC(CO)NC(=O)[C@H](CC(C)C)NC(=O)N1CCOCC1. The number of hydrogen-bond donors (Lipinski definition) is 3. The van der Waals surface area contributed by atoms with Gasteiger partial charge in [-0.15, -0.1) is 0 Å². The van der Waals surface area contributed by atoms with E-state index in [4.69, 9.17) is 4.74 Å². The van der Waals surface area contributed by atoms with Crippen LogP contribution in [-0.2, 0) is 9.53 Å². The Morgan fingerprint density at radius 3 is 2.42 bits per heavy atom. The van der Waals surface area contributed by atoms with Crippen molar-refractivity contribution in [2.45, 2.75) is 58.5 Å². The molecule has 1 aliphatic heterocycles. The second-order valence-electron chi connectivity index (χ2n) is 6.76. The van der Waals surface area contributed by atoms with Gasteiger partial charge in [-0.3, -0.25) is 4.79 Å². The standard InChI is InChI=1S/C17H33N3O4/c1-4-5-6-14(12-21)18-16(22)15(11-13(2)3)19-17(23)20-7-9-24-10-8-20/h13-15,21H,4-12H2,1-3H3,(H,18,22)(H,19,23)/t14?,15-/m0/s1. The molecule has 0 spiro atoms. The van der Waals surface area contributed by atoms with Gasteiger partial charge in [-0.1, -0.05) is 33.6 Å². The molecule has 1 fully saturated rings. The fourth-order valence-electron chi connectivity index (χ4n) is 2.67. The van der Waals surface area contributed by atoms with Crippen molar-refractivity contribution in [1.82, 2.24) is 15.5 Å². The summed E-state index contributed by atoms with van der Waals surface area (Å²) in [5.74, 6) is 0.0504. The quantitative estimate of drug-likeness (QED) is 0.585. The van der Waals surface area contributed by atoms with Crippen LogP contribution in [0.4, 0.5) is 4.79 Å². The van der Waals surface area contributed by atoms with Crippen molar-refractivity contribution >= 4 is 11.9 Å². The maximum Gasteiger partial charge on any atom is 0.318 e. The first-order chi connectivity index (χ1) is 11.5.